The standard InChI is InChI=1S/C14H18N6O2/c1-10(2)14(22)17-12-8-20(19-18-12)9-13(21)16-7-11-3-5-15-6-4-11/h3-6,8,10H,7,9H2,1-2H3,(H,16,21)(H,17,22). The molecule has 2 rings (SSSR count). The first kappa shape index (κ1) is 15.6. The van der Waals surface area contributed by atoms with Crippen LogP contribution < -0.4 is 10.6 Å². The van der Waals surface area contributed by atoms with Gasteiger partial charge in [0.1, 0.15) is 6.54 Å². The van der Waals surface area contributed by atoms with Crippen LogP contribution in [0.3, 0.4) is 0 Å². The van der Waals surface area contributed by atoms with Gasteiger partial charge in [0.25, 0.3) is 0 Å². The van der Waals surface area contributed by atoms with Crippen LogP contribution in [-0.2, 0) is 22.7 Å². The summed E-state index contributed by atoms with van der Waals surface area (Å²) in [5.41, 5.74) is 0.965. The topological polar surface area (TPSA) is 102 Å². The number of hydrogen-bond donors (Lipinski definition) is 2. The molecule has 0 spiro atoms. The summed E-state index contributed by atoms with van der Waals surface area (Å²) < 4.78 is 1.37. The van der Waals surface area contributed by atoms with E-state index in [2.05, 4.69) is 25.9 Å². The SMILES string of the molecule is CC(C)C(=O)Nc1cn(CC(=O)NCc2ccncc2)nn1. The second-order valence-corrected chi connectivity index (χ2v) is 5.08. The summed E-state index contributed by atoms with van der Waals surface area (Å²) in [6.07, 6.45) is 4.86. The van der Waals surface area contributed by atoms with Crippen molar-refractivity contribution in [3.05, 3.63) is 36.3 Å². The Kier molecular flexibility index (Phi) is 5.18. The summed E-state index contributed by atoms with van der Waals surface area (Å²) in [7, 11) is 0. The quantitative estimate of drug-likeness (QED) is 0.813. The Balaban J connectivity index is 1.82. The van der Waals surface area contributed by atoms with Crippen LogP contribution in [-0.4, -0.2) is 31.8 Å². The van der Waals surface area contributed by atoms with E-state index in [1.807, 2.05) is 12.1 Å². The van der Waals surface area contributed by atoms with Crippen LogP contribution in [0, 0.1) is 5.92 Å². The molecule has 0 saturated carbocycles. The summed E-state index contributed by atoms with van der Waals surface area (Å²) in [5.74, 6) is -0.146. The van der Waals surface area contributed by atoms with Gasteiger partial charge in [0, 0.05) is 24.9 Å². The number of anilines is 1. The fraction of sp³-hybridized carbons (Fsp3) is 0.357. The Hall–Kier alpha value is -2.77. The van der Waals surface area contributed by atoms with E-state index in [-0.39, 0.29) is 24.3 Å². The third-order valence-corrected chi connectivity index (χ3v) is 2.86. The molecule has 116 valence electrons. The number of rotatable bonds is 6. The summed E-state index contributed by atoms with van der Waals surface area (Å²) in [6.45, 7) is 4.03. The summed E-state index contributed by atoms with van der Waals surface area (Å²) >= 11 is 0. The van der Waals surface area contributed by atoms with Crippen LogP contribution in [0.2, 0.25) is 0 Å². The minimum atomic E-state index is -0.191. The van der Waals surface area contributed by atoms with Gasteiger partial charge in [-0.2, -0.15) is 0 Å². The molecule has 0 aliphatic rings. The molecule has 2 aromatic rings. The highest BCUT2D eigenvalue weighted by Crippen LogP contribution is 2.03. The molecule has 8 heteroatoms. The van der Waals surface area contributed by atoms with Gasteiger partial charge in [0.05, 0.1) is 6.20 Å². The summed E-state index contributed by atoms with van der Waals surface area (Å²) in [4.78, 5) is 27.3. The predicted octanol–water partition coefficient (Wildman–Crippen LogP) is 0.584. The Morgan fingerprint density at radius 3 is 2.68 bits per heavy atom. The number of nitrogens with one attached hydrogen (secondary N) is 2. The molecule has 0 bridgehead atoms. The summed E-state index contributed by atoms with van der Waals surface area (Å²) in [5, 5.41) is 13.0. The minimum absolute atomic E-state index is 0.0373. The van der Waals surface area contributed by atoms with Gasteiger partial charge in [-0.1, -0.05) is 19.1 Å². The van der Waals surface area contributed by atoms with Crippen LogP contribution >= 0.6 is 0 Å². The van der Waals surface area contributed by atoms with Crippen LogP contribution in [0.5, 0.6) is 0 Å². The van der Waals surface area contributed by atoms with Gasteiger partial charge >= 0.3 is 0 Å². The lowest BCUT2D eigenvalue weighted by molar-refractivity contribution is -0.122. The molecule has 2 amide bonds. The van der Waals surface area contributed by atoms with Crippen molar-refractivity contribution in [1.29, 1.82) is 0 Å². The number of nitrogens with zero attached hydrogens (tertiary/aromatic N) is 4. The normalized spacial score (nSPS) is 10.5. The fourth-order valence-corrected chi connectivity index (χ4v) is 1.61. The van der Waals surface area contributed by atoms with Crippen molar-refractivity contribution < 1.29 is 9.59 Å². The zero-order valence-corrected chi connectivity index (χ0v) is 12.5. The zero-order chi connectivity index (χ0) is 15.9. The van der Waals surface area contributed by atoms with Crippen molar-refractivity contribution in [1.82, 2.24) is 25.3 Å². The lowest BCUT2D eigenvalue weighted by Gasteiger charge is -2.05. The first-order valence-corrected chi connectivity index (χ1v) is 6.91. The van der Waals surface area contributed by atoms with Crippen molar-refractivity contribution in [2.24, 2.45) is 5.92 Å². The van der Waals surface area contributed by atoms with E-state index in [1.165, 1.54) is 10.9 Å². The second-order valence-electron chi connectivity index (χ2n) is 5.08. The number of pyridine rings is 1. The summed E-state index contributed by atoms with van der Waals surface area (Å²) in [6, 6.07) is 3.66. The van der Waals surface area contributed by atoms with Crippen LogP contribution in [0.4, 0.5) is 5.82 Å². The molecule has 0 saturated heterocycles. The van der Waals surface area contributed by atoms with Gasteiger partial charge in [-0.25, -0.2) is 4.68 Å². The van der Waals surface area contributed by atoms with Crippen molar-refractivity contribution >= 4 is 17.6 Å². The van der Waals surface area contributed by atoms with Gasteiger partial charge in [0.15, 0.2) is 5.82 Å². The van der Waals surface area contributed by atoms with Crippen LogP contribution in [0.15, 0.2) is 30.7 Å². The zero-order valence-electron chi connectivity index (χ0n) is 12.5. The lowest BCUT2D eigenvalue weighted by atomic mass is 10.2. The van der Waals surface area contributed by atoms with Gasteiger partial charge in [-0.3, -0.25) is 14.6 Å². The van der Waals surface area contributed by atoms with Crippen molar-refractivity contribution in [2.75, 3.05) is 5.32 Å². The predicted molar refractivity (Wildman–Crippen MR) is 79.6 cm³/mol. The molecule has 0 unspecified atom stereocenters. The molecular formula is C14H18N6O2. The van der Waals surface area contributed by atoms with E-state index in [1.54, 1.807) is 26.2 Å². The lowest BCUT2D eigenvalue weighted by Crippen LogP contribution is -2.27. The van der Waals surface area contributed by atoms with E-state index >= 15 is 0 Å². The van der Waals surface area contributed by atoms with Crippen molar-refractivity contribution in [3.63, 3.8) is 0 Å². The minimum Gasteiger partial charge on any atom is -0.350 e. The number of aromatic nitrogens is 4. The molecule has 0 atom stereocenters. The van der Waals surface area contributed by atoms with Gasteiger partial charge in [0.2, 0.25) is 11.8 Å². The Labute approximate surface area is 127 Å². The molecule has 2 aromatic heterocycles. The van der Waals surface area contributed by atoms with Crippen LogP contribution in [0.25, 0.3) is 0 Å². The van der Waals surface area contributed by atoms with Crippen LogP contribution in [0.1, 0.15) is 19.4 Å². The first-order chi connectivity index (χ1) is 10.5. The molecule has 22 heavy (non-hydrogen) atoms. The van der Waals surface area contributed by atoms with Gasteiger partial charge in [-0.15, -0.1) is 5.10 Å². The number of carbonyl (C=O) groups excluding carboxylic acids is 2. The maximum atomic E-state index is 11.8. The molecule has 0 aliphatic carbocycles. The molecule has 2 heterocycles. The van der Waals surface area contributed by atoms with Gasteiger partial charge < -0.3 is 10.6 Å². The second kappa shape index (κ2) is 7.30. The van der Waals surface area contributed by atoms with E-state index < -0.39 is 0 Å². The van der Waals surface area contributed by atoms with Crippen molar-refractivity contribution in [2.45, 2.75) is 26.9 Å². The average Bonchev–Trinajstić information content (AvgIpc) is 2.93. The third kappa shape index (κ3) is 4.65. The number of amides is 2. The molecular weight excluding hydrogens is 284 g/mol. The monoisotopic (exact) mass is 302 g/mol. The maximum absolute atomic E-state index is 11.8. The Bertz CT molecular complexity index is 638. The third-order valence-electron chi connectivity index (χ3n) is 2.86. The Morgan fingerprint density at radius 1 is 1.27 bits per heavy atom. The smallest absolute Gasteiger partial charge is 0.242 e. The van der Waals surface area contributed by atoms with E-state index in [0.717, 1.165) is 5.56 Å². The number of carbonyl (C=O) groups is 2. The average molecular weight is 302 g/mol. The van der Waals surface area contributed by atoms with E-state index in [9.17, 15) is 9.59 Å². The van der Waals surface area contributed by atoms with E-state index in [0.29, 0.717) is 12.4 Å². The molecule has 0 radical (unpaired) electrons. The highest BCUT2D eigenvalue weighted by atomic mass is 16.2. The molecule has 8 nitrogen and oxygen atoms in total. The highest BCUT2D eigenvalue weighted by Gasteiger charge is 2.10. The fourth-order valence-electron chi connectivity index (χ4n) is 1.61. The molecule has 0 fully saturated rings. The maximum Gasteiger partial charge on any atom is 0.242 e. The molecule has 2 N–H and O–H groups in total. The molecule has 0 aromatic carbocycles. The Morgan fingerprint density at radius 2 is 2.00 bits per heavy atom. The van der Waals surface area contributed by atoms with Crippen molar-refractivity contribution in [3.8, 4) is 0 Å². The molecule has 0 aliphatic heterocycles. The highest BCUT2D eigenvalue weighted by molar-refractivity contribution is 5.90. The first-order valence-electron chi connectivity index (χ1n) is 6.91. The van der Waals surface area contributed by atoms with E-state index in [4.69, 9.17) is 0 Å². The van der Waals surface area contributed by atoms with Gasteiger partial charge in [-0.05, 0) is 17.7 Å². The largest absolute Gasteiger partial charge is 0.350 e. The number of hydrogen-bond acceptors (Lipinski definition) is 5.